The lowest BCUT2D eigenvalue weighted by molar-refractivity contribution is 0.0697. The van der Waals surface area contributed by atoms with Crippen molar-refractivity contribution in [1.82, 2.24) is 9.80 Å². The molecule has 0 unspecified atom stereocenters. The van der Waals surface area contributed by atoms with Crippen molar-refractivity contribution < 1.29 is 14.6 Å². The lowest BCUT2D eigenvalue weighted by Gasteiger charge is -2.34. The van der Waals surface area contributed by atoms with Gasteiger partial charge in [0.2, 0.25) is 0 Å². The van der Waals surface area contributed by atoms with Gasteiger partial charge in [-0.2, -0.15) is 0 Å². The Morgan fingerprint density at radius 1 is 0.853 bits per heavy atom. The molecule has 3 aromatic rings. The standard InChI is InChI=1S/C27H29ClN2O3S/c28-23-6-2-21(3-7-23)20-30-17-15-29(16-18-30)14-1-19-33-24-8-12-26(13-9-24)34-25-10-4-22(5-11-25)27(31)32/h2-13H,1,14-20H2,(H,31,32). The van der Waals surface area contributed by atoms with Crippen LogP contribution in [0.3, 0.4) is 0 Å². The Labute approximate surface area is 210 Å². The molecule has 0 saturated carbocycles. The second-order valence-electron chi connectivity index (χ2n) is 8.35. The number of carbonyl (C=O) groups is 1. The van der Waals surface area contributed by atoms with Crippen LogP contribution in [0.1, 0.15) is 22.3 Å². The summed E-state index contributed by atoms with van der Waals surface area (Å²) in [5, 5.41) is 9.78. The predicted molar refractivity (Wildman–Crippen MR) is 137 cm³/mol. The maximum atomic E-state index is 11.0. The summed E-state index contributed by atoms with van der Waals surface area (Å²) < 4.78 is 5.93. The van der Waals surface area contributed by atoms with Crippen LogP contribution in [0.2, 0.25) is 5.02 Å². The Morgan fingerprint density at radius 2 is 1.44 bits per heavy atom. The van der Waals surface area contributed by atoms with Crippen molar-refractivity contribution in [1.29, 1.82) is 0 Å². The summed E-state index contributed by atoms with van der Waals surface area (Å²) in [5.41, 5.74) is 1.61. The van der Waals surface area contributed by atoms with Crippen LogP contribution in [-0.4, -0.2) is 60.2 Å². The monoisotopic (exact) mass is 496 g/mol. The molecule has 0 aliphatic carbocycles. The molecule has 5 nitrogen and oxygen atoms in total. The first-order valence-electron chi connectivity index (χ1n) is 11.5. The number of rotatable bonds is 10. The van der Waals surface area contributed by atoms with Gasteiger partial charge in [-0.15, -0.1) is 0 Å². The van der Waals surface area contributed by atoms with E-state index in [1.165, 1.54) is 5.56 Å². The van der Waals surface area contributed by atoms with Gasteiger partial charge in [0.05, 0.1) is 12.2 Å². The molecule has 1 aliphatic heterocycles. The topological polar surface area (TPSA) is 53.0 Å². The van der Waals surface area contributed by atoms with Crippen LogP contribution in [0.25, 0.3) is 0 Å². The van der Waals surface area contributed by atoms with Crippen molar-refractivity contribution in [3.05, 3.63) is 88.9 Å². The number of hydrogen-bond donors (Lipinski definition) is 1. The van der Waals surface area contributed by atoms with E-state index in [1.54, 1.807) is 23.9 Å². The zero-order valence-corrected chi connectivity index (χ0v) is 20.6. The van der Waals surface area contributed by atoms with E-state index in [1.807, 2.05) is 48.5 Å². The Kier molecular flexibility index (Phi) is 8.88. The van der Waals surface area contributed by atoms with E-state index in [4.69, 9.17) is 21.4 Å². The molecular weight excluding hydrogens is 468 g/mol. The van der Waals surface area contributed by atoms with Crippen molar-refractivity contribution in [2.75, 3.05) is 39.3 Å². The van der Waals surface area contributed by atoms with Crippen LogP contribution in [0.5, 0.6) is 5.75 Å². The van der Waals surface area contributed by atoms with Crippen molar-refractivity contribution >= 4 is 29.3 Å². The number of hydrogen-bond acceptors (Lipinski definition) is 5. The molecule has 178 valence electrons. The van der Waals surface area contributed by atoms with Crippen LogP contribution in [-0.2, 0) is 6.54 Å². The van der Waals surface area contributed by atoms with Gasteiger partial charge in [0, 0.05) is 54.1 Å². The molecule has 1 saturated heterocycles. The SMILES string of the molecule is O=C(O)c1ccc(Sc2ccc(OCCCN3CCN(Cc4ccc(Cl)cc4)CC3)cc2)cc1. The lowest BCUT2D eigenvalue weighted by atomic mass is 10.2. The Balaban J connectivity index is 1.12. The predicted octanol–water partition coefficient (Wildman–Crippen LogP) is 5.78. The third-order valence-corrected chi connectivity index (χ3v) is 7.10. The van der Waals surface area contributed by atoms with Gasteiger partial charge < -0.3 is 14.7 Å². The molecule has 0 spiro atoms. The van der Waals surface area contributed by atoms with Gasteiger partial charge in [-0.05, 0) is 72.6 Å². The second-order valence-corrected chi connectivity index (χ2v) is 9.93. The van der Waals surface area contributed by atoms with Crippen molar-refractivity contribution in [3.63, 3.8) is 0 Å². The molecule has 7 heteroatoms. The number of carboxylic acid groups (broad SMARTS) is 1. The third-order valence-electron chi connectivity index (χ3n) is 5.83. The van der Waals surface area contributed by atoms with E-state index in [0.29, 0.717) is 12.2 Å². The number of nitrogens with zero attached hydrogens (tertiary/aromatic N) is 2. The highest BCUT2D eigenvalue weighted by atomic mass is 35.5. The van der Waals surface area contributed by atoms with Crippen molar-refractivity contribution in [3.8, 4) is 5.75 Å². The van der Waals surface area contributed by atoms with Gasteiger partial charge in [-0.1, -0.05) is 35.5 Å². The van der Waals surface area contributed by atoms with E-state index in [9.17, 15) is 4.79 Å². The second kappa shape index (κ2) is 12.3. The summed E-state index contributed by atoms with van der Waals surface area (Å²) >= 11 is 7.58. The van der Waals surface area contributed by atoms with E-state index < -0.39 is 5.97 Å². The van der Waals surface area contributed by atoms with E-state index >= 15 is 0 Å². The highest BCUT2D eigenvalue weighted by Crippen LogP contribution is 2.29. The number of aromatic carboxylic acids is 1. The number of carboxylic acids is 1. The summed E-state index contributed by atoms with van der Waals surface area (Å²) in [6.45, 7) is 7.09. The number of benzene rings is 3. The van der Waals surface area contributed by atoms with Gasteiger partial charge in [0.15, 0.2) is 0 Å². The molecule has 0 aromatic heterocycles. The first-order chi connectivity index (χ1) is 16.5. The minimum Gasteiger partial charge on any atom is -0.494 e. The molecular formula is C27H29ClN2O3S. The van der Waals surface area contributed by atoms with E-state index in [-0.39, 0.29) is 0 Å². The fourth-order valence-corrected chi connectivity index (χ4v) is 4.85. The lowest BCUT2D eigenvalue weighted by Crippen LogP contribution is -2.46. The largest absolute Gasteiger partial charge is 0.494 e. The molecule has 1 fully saturated rings. The molecule has 0 atom stereocenters. The van der Waals surface area contributed by atoms with Crippen molar-refractivity contribution in [2.45, 2.75) is 22.8 Å². The molecule has 1 heterocycles. The van der Waals surface area contributed by atoms with Crippen LogP contribution < -0.4 is 4.74 Å². The fraction of sp³-hybridized carbons (Fsp3) is 0.296. The summed E-state index contributed by atoms with van der Waals surface area (Å²) in [4.78, 5) is 18.1. The summed E-state index contributed by atoms with van der Waals surface area (Å²) in [6.07, 6.45) is 1.00. The zero-order chi connectivity index (χ0) is 23.8. The fourth-order valence-electron chi connectivity index (χ4n) is 3.90. The Hall–Kier alpha value is -2.51. The van der Waals surface area contributed by atoms with Crippen molar-refractivity contribution in [2.24, 2.45) is 0 Å². The molecule has 1 N–H and O–H groups in total. The van der Waals surface area contributed by atoms with Gasteiger partial charge in [0.1, 0.15) is 5.75 Å². The van der Waals surface area contributed by atoms with Gasteiger partial charge in [-0.3, -0.25) is 4.90 Å². The summed E-state index contributed by atoms with van der Waals surface area (Å²) in [7, 11) is 0. The Bertz CT molecular complexity index is 1050. The zero-order valence-electron chi connectivity index (χ0n) is 19.0. The number of halogens is 1. The molecule has 4 rings (SSSR count). The molecule has 3 aromatic carbocycles. The minimum absolute atomic E-state index is 0.299. The van der Waals surface area contributed by atoms with Crippen LogP contribution in [0, 0.1) is 0 Å². The van der Waals surface area contributed by atoms with E-state index in [2.05, 4.69) is 21.9 Å². The smallest absolute Gasteiger partial charge is 0.335 e. The minimum atomic E-state index is -0.908. The first kappa shape index (κ1) is 24.6. The average Bonchev–Trinajstić information content (AvgIpc) is 2.85. The highest BCUT2D eigenvalue weighted by Gasteiger charge is 2.16. The third kappa shape index (κ3) is 7.50. The normalized spacial score (nSPS) is 14.7. The summed E-state index contributed by atoms with van der Waals surface area (Å²) in [6, 6.07) is 23.1. The van der Waals surface area contributed by atoms with Gasteiger partial charge in [-0.25, -0.2) is 4.79 Å². The maximum Gasteiger partial charge on any atom is 0.335 e. The molecule has 0 radical (unpaired) electrons. The Morgan fingerprint density at radius 3 is 2.06 bits per heavy atom. The molecule has 1 aliphatic rings. The van der Waals surface area contributed by atoms with Crippen LogP contribution in [0.15, 0.2) is 82.6 Å². The van der Waals surface area contributed by atoms with Crippen LogP contribution >= 0.6 is 23.4 Å². The van der Waals surface area contributed by atoms with Gasteiger partial charge >= 0.3 is 5.97 Å². The molecule has 0 bridgehead atoms. The number of piperazine rings is 1. The molecule has 0 amide bonds. The quantitative estimate of drug-likeness (QED) is 0.359. The van der Waals surface area contributed by atoms with E-state index in [0.717, 1.165) is 66.3 Å². The summed E-state index contributed by atoms with van der Waals surface area (Å²) in [5.74, 6) is -0.0344. The highest BCUT2D eigenvalue weighted by molar-refractivity contribution is 7.99. The maximum absolute atomic E-state index is 11.0. The van der Waals surface area contributed by atoms with Crippen LogP contribution in [0.4, 0.5) is 0 Å². The average molecular weight is 497 g/mol. The molecule has 34 heavy (non-hydrogen) atoms. The first-order valence-corrected chi connectivity index (χ1v) is 12.7. The number of ether oxygens (including phenoxy) is 1. The van der Waals surface area contributed by atoms with Gasteiger partial charge in [0.25, 0.3) is 0 Å².